The highest BCUT2D eigenvalue weighted by Crippen LogP contribution is 2.10. The van der Waals surface area contributed by atoms with Crippen LogP contribution in [-0.2, 0) is 82.2 Å². The number of nitrogens with one attached hydrogen (secondary N) is 9. The van der Waals surface area contributed by atoms with Crippen molar-refractivity contribution in [2.24, 2.45) is 0 Å². The van der Waals surface area contributed by atoms with Crippen LogP contribution in [0.1, 0.15) is 127 Å². The van der Waals surface area contributed by atoms with Crippen molar-refractivity contribution >= 4 is 53.2 Å². The van der Waals surface area contributed by atoms with Crippen molar-refractivity contribution in [3.8, 4) is 0 Å². The second-order valence-electron chi connectivity index (χ2n) is 24.6. The van der Waals surface area contributed by atoms with Crippen molar-refractivity contribution < 1.29 is 57.7 Å². The third-order valence-corrected chi connectivity index (χ3v) is 16.6. The number of benzene rings is 3. The summed E-state index contributed by atoms with van der Waals surface area (Å²) in [7, 11) is 0. The molecule has 0 unspecified atom stereocenters. The lowest BCUT2D eigenvalue weighted by molar-refractivity contribution is -0.128. The van der Waals surface area contributed by atoms with Gasteiger partial charge in [-0.15, -0.1) is 14.2 Å². The van der Waals surface area contributed by atoms with E-state index >= 15 is 0 Å². The Hall–Kier alpha value is -11.1. The summed E-state index contributed by atoms with van der Waals surface area (Å²) in [5.74, 6) is -4.33. The van der Waals surface area contributed by atoms with Crippen molar-refractivity contribution in [3.63, 3.8) is 0 Å². The summed E-state index contributed by atoms with van der Waals surface area (Å²) in [4.78, 5) is 189. The Morgan fingerprint density at radius 1 is 0.359 bits per heavy atom. The molecule has 3 heterocycles. The lowest BCUT2D eigenvalue weighted by Gasteiger charge is -2.23. The Balaban J connectivity index is 0.918. The van der Waals surface area contributed by atoms with Gasteiger partial charge in [0.25, 0.3) is 0 Å². The maximum atomic E-state index is 13.3. The van der Waals surface area contributed by atoms with Crippen molar-refractivity contribution in [1.82, 2.24) is 81.9 Å². The first kappa shape index (κ1) is 80.9. The second-order valence-corrected chi connectivity index (χ2v) is 24.6. The van der Waals surface area contributed by atoms with Gasteiger partial charge < -0.3 is 62.4 Å². The fourth-order valence-electron chi connectivity index (χ4n) is 10.2. The van der Waals surface area contributed by atoms with E-state index in [1.165, 1.54) is 35.0 Å². The maximum absolute atomic E-state index is 13.3. The van der Waals surface area contributed by atoms with E-state index in [1.54, 1.807) is 41.5 Å². The number of aromatic nitrogens is 6. The van der Waals surface area contributed by atoms with Crippen LogP contribution >= 0.6 is 0 Å². The van der Waals surface area contributed by atoms with Crippen LogP contribution in [0.3, 0.4) is 0 Å². The molecule has 3 aromatic carbocycles. The van der Waals surface area contributed by atoms with Gasteiger partial charge in [-0.2, -0.15) is 0 Å². The van der Waals surface area contributed by atoms with Crippen LogP contribution in [-0.4, -0.2) is 164 Å². The molecule has 0 saturated heterocycles. The lowest BCUT2D eigenvalue weighted by Crippen LogP contribution is -2.46. The summed E-state index contributed by atoms with van der Waals surface area (Å²) in [5, 5.41) is 24.2. The van der Waals surface area contributed by atoms with Gasteiger partial charge in [-0.1, -0.05) is 91.0 Å². The minimum atomic E-state index is -0.976. The lowest BCUT2D eigenvalue weighted by atomic mass is 10.2. The van der Waals surface area contributed by atoms with Crippen LogP contribution < -0.4 is 79.0 Å². The Morgan fingerprint density at radius 3 is 0.864 bits per heavy atom. The molecule has 0 saturated carbocycles. The van der Waals surface area contributed by atoms with Crippen LogP contribution in [0, 0.1) is 41.5 Å². The van der Waals surface area contributed by atoms with Crippen molar-refractivity contribution in [3.05, 3.63) is 190 Å². The molecule has 31 nitrogen and oxygen atoms in total. The third kappa shape index (κ3) is 27.1. The van der Waals surface area contributed by atoms with E-state index in [4.69, 9.17) is 14.5 Å². The number of rotatable bonds is 42. The van der Waals surface area contributed by atoms with E-state index in [-0.39, 0.29) is 154 Å². The molecule has 3 aromatic heterocycles. The van der Waals surface area contributed by atoms with E-state index in [2.05, 4.69) is 62.8 Å². The molecular formula is C72H96N16O15. The molecule has 0 aliphatic carbocycles. The molecule has 0 aliphatic rings. The standard InChI is InChI=1S/C72H96N16O15/c1-46-52(7)86(101-43-55-19-13-10-14-20-55)70(98)58(79-46)25-28-64(92)82-49(4)67(95)76-34-31-61(89)73-37-40-85(41-38-74-62(90)32-35-77-68(96)50(5)83-65(93)29-26-59-71(99)87(53(8)47(2)80-59)102-44-56-21-15-11-16-22-56)42-39-75-63(91)33-36-78-69(97)51(6)84-66(94)30-27-60-72(100)88(54(9)48(3)81-60)103-45-57-23-17-12-18-24-57/h10-24,49-51H,25-45H2,1-9H3,(H,73,89)(H,74,90)(H,75,91)(H,76,95)(H,77,96)(H,78,97)(H,82,92)(H,83,93)(H,84,94)/t49-,50-,51-/m0/s1. The maximum Gasteiger partial charge on any atom is 0.304 e. The zero-order chi connectivity index (χ0) is 75.0. The first-order chi connectivity index (χ1) is 49.3. The van der Waals surface area contributed by atoms with Gasteiger partial charge in [0.2, 0.25) is 53.2 Å². The Kier molecular flexibility index (Phi) is 32.6. The zero-order valence-corrected chi connectivity index (χ0v) is 60.0. The number of nitrogens with zero attached hydrogens (tertiary/aromatic N) is 7. The summed E-state index contributed by atoms with van der Waals surface area (Å²) < 4.78 is 3.52. The zero-order valence-electron chi connectivity index (χ0n) is 60.0. The van der Waals surface area contributed by atoms with E-state index in [0.717, 1.165) is 16.7 Å². The van der Waals surface area contributed by atoms with E-state index in [9.17, 15) is 57.5 Å². The average Bonchev–Trinajstić information content (AvgIpc) is 0.825. The largest absolute Gasteiger partial charge is 0.406 e. The second kappa shape index (κ2) is 41.6. The molecule has 31 heteroatoms. The number of carbonyl (C=O) groups excluding carboxylic acids is 9. The van der Waals surface area contributed by atoms with Crippen LogP contribution in [0.2, 0.25) is 0 Å². The highest BCUT2D eigenvalue weighted by atomic mass is 16.7. The summed E-state index contributed by atoms with van der Waals surface area (Å²) in [6.45, 7) is 16.2. The molecule has 9 amide bonds. The van der Waals surface area contributed by atoms with Gasteiger partial charge >= 0.3 is 16.7 Å². The average molecular weight is 1430 g/mol. The normalized spacial score (nSPS) is 11.8. The molecular weight excluding hydrogens is 1330 g/mol. The predicted octanol–water partition coefficient (Wildman–Crippen LogP) is -0.0246. The van der Waals surface area contributed by atoms with E-state index in [1.807, 2.05) is 95.9 Å². The van der Waals surface area contributed by atoms with Crippen LogP contribution in [0.5, 0.6) is 0 Å². The van der Waals surface area contributed by atoms with Gasteiger partial charge in [0, 0.05) is 117 Å². The van der Waals surface area contributed by atoms with Gasteiger partial charge in [0.1, 0.15) is 55.0 Å². The van der Waals surface area contributed by atoms with Gasteiger partial charge in [-0.05, 0) is 79.0 Å². The Bertz CT molecular complexity index is 3660. The molecule has 6 rings (SSSR count). The number of aryl methyl sites for hydroxylation is 6. The minimum absolute atomic E-state index is 0.0113. The highest BCUT2D eigenvalue weighted by molar-refractivity contribution is 5.89. The SMILES string of the molecule is Cc1nc(CCC(=O)N[C@@H](C)C(=O)NCCC(=O)NCCN(CCNC(=O)CCNC(=O)[C@H](C)NC(=O)CCc2nc(C)c(C)n(OCc3ccccc3)c2=O)CCNC(=O)CCNC(=O)[C@H](C)NC(=O)CCc2nc(C)c(C)n(OCc3ccccc3)c2=O)c(=O)n(OCc2ccccc2)c1C. The molecule has 9 N–H and O–H groups in total. The van der Waals surface area contributed by atoms with Crippen LogP contribution in [0.25, 0.3) is 0 Å². The fraction of sp³-hybridized carbons (Fsp3) is 0.458. The first-order valence-corrected chi connectivity index (χ1v) is 34.3. The quantitative estimate of drug-likeness (QED) is 0.0243. The molecule has 0 aliphatic heterocycles. The molecule has 0 fully saturated rings. The highest BCUT2D eigenvalue weighted by Gasteiger charge is 2.23. The van der Waals surface area contributed by atoms with Gasteiger partial charge in [0.15, 0.2) is 0 Å². The van der Waals surface area contributed by atoms with Gasteiger partial charge in [0.05, 0.1) is 34.2 Å². The van der Waals surface area contributed by atoms with Crippen LogP contribution in [0.15, 0.2) is 105 Å². The van der Waals surface area contributed by atoms with Crippen molar-refractivity contribution in [2.45, 2.75) is 158 Å². The van der Waals surface area contributed by atoms with Crippen molar-refractivity contribution in [2.75, 3.05) is 58.9 Å². The molecule has 0 radical (unpaired) electrons. The number of hydrogen-bond donors (Lipinski definition) is 9. The van der Waals surface area contributed by atoms with E-state index in [0.29, 0.717) is 34.2 Å². The smallest absolute Gasteiger partial charge is 0.304 e. The summed E-state index contributed by atoms with van der Waals surface area (Å²) >= 11 is 0. The van der Waals surface area contributed by atoms with E-state index < -0.39 is 88.0 Å². The molecule has 3 atom stereocenters. The number of carbonyl (C=O) groups is 9. The topological polar surface area (TPSA) is 397 Å². The molecule has 0 spiro atoms. The summed E-state index contributed by atoms with van der Waals surface area (Å²) in [5.41, 5.74) is 4.70. The van der Waals surface area contributed by atoms with Crippen molar-refractivity contribution in [1.29, 1.82) is 0 Å². The Labute approximate surface area is 597 Å². The number of hydrogen-bond acceptors (Lipinski definition) is 19. The molecule has 6 aromatic rings. The predicted molar refractivity (Wildman–Crippen MR) is 380 cm³/mol. The first-order valence-electron chi connectivity index (χ1n) is 34.3. The fourth-order valence-corrected chi connectivity index (χ4v) is 10.2. The minimum Gasteiger partial charge on any atom is -0.406 e. The molecule has 103 heavy (non-hydrogen) atoms. The number of amides is 9. The summed E-state index contributed by atoms with van der Waals surface area (Å²) in [6.07, 6.45) is -0.780. The Morgan fingerprint density at radius 2 is 0.612 bits per heavy atom. The van der Waals surface area contributed by atoms with Gasteiger partial charge in [-0.3, -0.25) is 77.4 Å². The van der Waals surface area contributed by atoms with Gasteiger partial charge in [-0.25, -0.2) is 0 Å². The van der Waals surface area contributed by atoms with Crippen LogP contribution in [0.4, 0.5) is 0 Å². The monoisotopic (exact) mass is 1420 g/mol. The molecule has 0 bridgehead atoms. The molecule has 554 valence electrons. The third-order valence-electron chi connectivity index (χ3n) is 16.6. The summed E-state index contributed by atoms with van der Waals surface area (Å²) in [6, 6.07) is 25.0.